The monoisotopic (exact) mass is 381 g/mol. The van der Waals surface area contributed by atoms with E-state index < -0.39 is 40.1 Å². The zero-order chi connectivity index (χ0) is 20.5. The molecular formula is C20H15NO7. The van der Waals surface area contributed by atoms with Gasteiger partial charge in [0.1, 0.15) is 34.2 Å². The molecule has 4 rings (SSSR count). The summed E-state index contributed by atoms with van der Waals surface area (Å²) in [7, 11) is 0. The number of benzene rings is 3. The molecule has 7 N–H and O–H groups in total. The van der Waals surface area contributed by atoms with Gasteiger partial charge in [0.15, 0.2) is 0 Å². The molecule has 3 aromatic carbocycles. The Morgan fingerprint density at radius 2 is 1.64 bits per heavy atom. The molecule has 0 aromatic heterocycles. The van der Waals surface area contributed by atoms with E-state index in [0.29, 0.717) is 0 Å². The summed E-state index contributed by atoms with van der Waals surface area (Å²) >= 11 is 0. The van der Waals surface area contributed by atoms with Gasteiger partial charge in [-0.15, -0.1) is 0 Å². The van der Waals surface area contributed by atoms with E-state index in [1.165, 1.54) is 31.2 Å². The van der Waals surface area contributed by atoms with Crippen molar-refractivity contribution in [2.75, 3.05) is 0 Å². The van der Waals surface area contributed by atoms with Crippen LogP contribution in [0.1, 0.15) is 44.3 Å². The number of phenolic OH excluding ortho intramolecular Hbond substituents is 2. The Morgan fingerprint density at radius 3 is 2.29 bits per heavy atom. The molecule has 0 spiro atoms. The second kappa shape index (κ2) is 5.37. The molecule has 0 saturated heterocycles. The highest BCUT2D eigenvalue weighted by atomic mass is 16.3. The highest BCUT2D eigenvalue weighted by Crippen LogP contribution is 2.50. The third-order valence-corrected chi connectivity index (χ3v) is 5.15. The summed E-state index contributed by atoms with van der Waals surface area (Å²) in [4.78, 5) is 24.6. The Balaban J connectivity index is 2.18. The molecule has 1 aliphatic carbocycles. The van der Waals surface area contributed by atoms with Crippen LogP contribution in [0.5, 0.6) is 23.0 Å². The topological polar surface area (TPSA) is 161 Å². The predicted molar refractivity (Wildman–Crippen MR) is 97.7 cm³/mol. The lowest BCUT2D eigenvalue weighted by Gasteiger charge is -2.33. The number of primary amides is 1. The van der Waals surface area contributed by atoms with E-state index in [4.69, 9.17) is 5.73 Å². The minimum Gasteiger partial charge on any atom is -0.507 e. The molecule has 28 heavy (non-hydrogen) atoms. The number of carbonyl (C=O) groups excluding carboxylic acids is 2. The van der Waals surface area contributed by atoms with E-state index in [9.17, 15) is 35.1 Å². The summed E-state index contributed by atoms with van der Waals surface area (Å²) in [5.74, 6) is -4.38. The highest BCUT2D eigenvalue weighted by molar-refractivity contribution is 6.20. The molecule has 1 aliphatic rings. The van der Waals surface area contributed by atoms with Crippen molar-refractivity contribution in [3.63, 3.8) is 0 Å². The van der Waals surface area contributed by atoms with Crippen LogP contribution in [0.25, 0.3) is 10.8 Å². The maximum absolute atomic E-state index is 13.0. The average molecular weight is 381 g/mol. The average Bonchev–Trinajstić information content (AvgIpc) is 2.58. The maximum Gasteiger partial charge on any atom is 0.256 e. The number of aliphatic hydroxyl groups is 1. The lowest BCUT2D eigenvalue weighted by molar-refractivity contribution is 0.0853. The van der Waals surface area contributed by atoms with Crippen molar-refractivity contribution in [2.24, 2.45) is 5.73 Å². The van der Waals surface area contributed by atoms with Crippen LogP contribution in [0.15, 0.2) is 30.3 Å². The zero-order valence-electron chi connectivity index (χ0n) is 14.5. The van der Waals surface area contributed by atoms with Gasteiger partial charge in [-0.25, -0.2) is 0 Å². The number of nitrogens with two attached hydrogens (primary N) is 1. The van der Waals surface area contributed by atoms with Gasteiger partial charge in [-0.3, -0.25) is 9.59 Å². The fourth-order valence-electron chi connectivity index (χ4n) is 3.83. The molecular weight excluding hydrogens is 366 g/mol. The SMILES string of the molecule is CC1(O)c2cccc(O)c2C(=O)c2c1cc1cc(O)c(C(N)=O)c(O)c1c2O. The summed E-state index contributed by atoms with van der Waals surface area (Å²) in [5.41, 5.74) is 2.45. The molecule has 1 amide bonds. The molecule has 142 valence electrons. The fourth-order valence-corrected chi connectivity index (χ4v) is 3.83. The first kappa shape index (κ1) is 17.6. The molecule has 1 atom stereocenters. The molecule has 0 heterocycles. The van der Waals surface area contributed by atoms with Crippen molar-refractivity contribution in [1.82, 2.24) is 0 Å². The van der Waals surface area contributed by atoms with E-state index in [1.54, 1.807) is 0 Å². The highest BCUT2D eigenvalue weighted by Gasteiger charge is 2.42. The molecule has 0 aliphatic heterocycles. The third-order valence-electron chi connectivity index (χ3n) is 5.15. The first-order chi connectivity index (χ1) is 13.1. The zero-order valence-corrected chi connectivity index (χ0v) is 14.5. The summed E-state index contributed by atoms with van der Waals surface area (Å²) in [5, 5.41) is 52.3. The largest absolute Gasteiger partial charge is 0.507 e. The van der Waals surface area contributed by atoms with Crippen LogP contribution in [-0.4, -0.2) is 37.2 Å². The van der Waals surface area contributed by atoms with E-state index in [-0.39, 0.29) is 38.8 Å². The molecule has 0 fully saturated rings. The van der Waals surface area contributed by atoms with Crippen molar-refractivity contribution in [3.8, 4) is 23.0 Å². The summed E-state index contributed by atoms with van der Waals surface area (Å²) in [6.45, 7) is 1.39. The van der Waals surface area contributed by atoms with Gasteiger partial charge in [-0.05, 0) is 30.5 Å². The number of fused-ring (bicyclic) bond motifs is 3. The number of hydrogen-bond donors (Lipinski definition) is 6. The van der Waals surface area contributed by atoms with Gasteiger partial charge >= 0.3 is 0 Å². The molecule has 8 nitrogen and oxygen atoms in total. The van der Waals surface area contributed by atoms with Gasteiger partial charge in [0.25, 0.3) is 5.91 Å². The summed E-state index contributed by atoms with van der Waals surface area (Å²) in [6, 6.07) is 6.63. The predicted octanol–water partition coefficient (Wildman–Crippen LogP) is 1.56. The molecule has 8 heteroatoms. The van der Waals surface area contributed by atoms with Crippen LogP contribution in [0.3, 0.4) is 0 Å². The first-order valence-corrected chi connectivity index (χ1v) is 8.21. The molecule has 0 bridgehead atoms. The van der Waals surface area contributed by atoms with Crippen LogP contribution < -0.4 is 5.73 Å². The Bertz CT molecular complexity index is 1230. The number of rotatable bonds is 1. The van der Waals surface area contributed by atoms with Crippen LogP contribution in [-0.2, 0) is 5.60 Å². The van der Waals surface area contributed by atoms with Gasteiger partial charge in [0.2, 0.25) is 5.78 Å². The Hall–Kier alpha value is -3.78. The number of phenols is 4. The van der Waals surface area contributed by atoms with E-state index in [0.717, 1.165) is 6.07 Å². The van der Waals surface area contributed by atoms with Crippen molar-refractivity contribution < 1.29 is 35.1 Å². The van der Waals surface area contributed by atoms with Crippen LogP contribution in [0.4, 0.5) is 0 Å². The number of aromatic hydroxyl groups is 4. The molecule has 0 saturated carbocycles. The van der Waals surface area contributed by atoms with Gasteiger partial charge in [0.05, 0.1) is 16.5 Å². The number of amides is 1. The quantitative estimate of drug-likeness (QED) is 0.373. The van der Waals surface area contributed by atoms with Gasteiger partial charge in [-0.2, -0.15) is 0 Å². The van der Waals surface area contributed by atoms with E-state index in [2.05, 4.69) is 0 Å². The lowest BCUT2D eigenvalue weighted by atomic mass is 9.73. The van der Waals surface area contributed by atoms with Gasteiger partial charge in [0, 0.05) is 11.1 Å². The second-order valence-corrected chi connectivity index (χ2v) is 6.83. The van der Waals surface area contributed by atoms with Crippen molar-refractivity contribution in [3.05, 3.63) is 58.1 Å². The molecule has 1 unspecified atom stereocenters. The van der Waals surface area contributed by atoms with Crippen LogP contribution in [0, 0.1) is 0 Å². The van der Waals surface area contributed by atoms with E-state index in [1.807, 2.05) is 0 Å². The standard InChI is InChI=1S/C20H15NO7/c1-20(28)8-3-2-4-10(22)13(8)18(26)14-9(20)5-7-6-11(23)15(19(21)27)17(25)12(7)16(14)24/h2-6,22-25,28H,1H3,(H2,21,27). The third kappa shape index (κ3) is 2.03. The Kier molecular flexibility index (Phi) is 3.38. The first-order valence-electron chi connectivity index (χ1n) is 8.21. The van der Waals surface area contributed by atoms with Crippen molar-refractivity contribution in [2.45, 2.75) is 12.5 Å². The van der Waals surface area contributed by atoms with Crippen molar-refractivity contribution >= 4 is 22.5 Å². The molecule has 0 radical (unpaired) electrons. The Morgan fingerprint density at radius 1 is 0.964 bits per heavy atom. The van der Waals surface area contributed by atoms with Crippen molar-refractivity contribution in [1.29, 1.82) is 0 Å². The van der Waals surface area contributed by atoms with E-state index >= 15 is 0 Å². The Labute approximate surface area is 157 Å². The van der Waals surface area contributed by atoms with Crippen LogP contribution in [0.2, 0.25) is 0 Å². The summed E-state index contributed by atoms with van der Waals surface area (Å²) in [6.07, 6.45) is 0. The van der Waals surface area contributed by atoms with Gasteiger partial charge in [-0.1, -0.05) is 12.1 Å². The smallest absolute Gasteiger partial charge is 0.256 e. The fraction of sp³-hybridized carbons (Fsp3) is 0.100. The maximum atomic E-state index is 13.0. The van der Waals surface area contributed by atoms with Crippen LogP contribution >= 0.6 is 0 Å². The minimum absolute atomic E-state index is 0.0197. The van der Waals surface area contributed by atoms with Gasteiger partial charge < -0.3 is 31.3 Å². The minimum atomic E-state index is -1.77. The second-order valence-electron chi connectivity index (χ2n) is 6.83. The molecule has 3 aromatic rings. The number of hydrogen-bond acceptors (Lipinski definition) is 7. The lowest BCUT2D eigenvalue weighted by Crippen LogP contribution is -2.33. The number of carbonyl (C=O) groups is 2. The number of ketones is 1. The normalized spacial score (nSPS) is 18.0. The summed E-state index contributed by atoms with van der Waals surface area (Å²) < 4.78 is 0.